The molecule has 2 saturated carbocycles. The third-order valence-electron chi connectivity index (χ3n) is 8.61. The molecule has 0 bridgehead atoms. The molecule has 3 aliphatic rings. The summed E-state index contributed by atoms with van der Waals surface area (Å²) in [6, 6.07) is 6.84. The molecule has 2 aliphatic carbocycles. The molecular weight excluding hydrogens is 542 g/mol. The van der Waals surface area contributed by atoms with E-state index in [9.17, 15) is 13.2 Å². The molecule has 3 fully saturated rings. The first-order valence-electron chi connectivity index (χ1n) is 13.2. The van der Waals surface area contributed by atoms with Crippen LogP contribution in [-0.2, 0) is 10.0 Å². The molecule has 1 spiro atoms. The van der Waals surface area contributed by atoms with Gasteiger partial charge in [-0.2, -0.15) is 21.1 Å². The zero-order valence-electron chi connectivity index (χ0n) is 21.6. The highest BCUT2D eigenvalue weighted by Crippen LogP contribution is 2.63. The van der Waals surface area contributed by atoms with Crippen LogP contribution in [0.15, 0.2) is 40.2 Å². The van der Waals surface area contributed by atoms with Crippen molar-refractivity contribution >= 4 is 56.1 Å². The molecule has 38 heavy (non-hydrogen) atoms. The Labute approximate surface area is 232 Å². The van der Waals surface area contributed by atoms with Crippen LogP contribution in [0, 0.1) is 12.3 Å². The second-order valence-corrected chi connectivity index (χ2v) is 14.3. The standard InChI is InChI=1S/C27H32ClN5O3S2/c1-17-14-20(38(35,36)32-12-7-19(37-2)8-13-32)5-6-22(17)30-26-29-16-18-15-21(28)25(34)33(24(18)31-26)23-4-3-9-27(23)10-11-27/h5-6,14-16,19,23H,3-4,7-13H2,1-2H3,(H,29,30,31). The Balaban J connectivity index is 1.29. The summed E-state index contributed by atoms with van der Waals surface area (Å²) >= 11 is 8.14. The van der Waals surface area contributed by atoms with E-state index in [1.807, 2.05) is 6.92 Å². The summed E-state index contributed by atoms with van der Waals surface area (Å²) in [6.45, 7) is 2.96. The van der Waals surface area contributed by atoms with Crippen LogP contribution in [0.4, 0.5) is 11.6 Å². The number of rotatable bonds is 6. The lowest BCUT2D eigenvalue weighted by Gasteiger charge is -2.30. The van der Waals surface area contributed by atoms with Gasteiger partial charge in [0.05, 0.1) is 4.90 Å². The average molecular weight is 574 g/mol. The Morgan fingerprint density at radius 1 is 1.13 bits per heavy atom. The van der Waals surface area contributed by atoms with E-state index in [4.69, 9.17) is 16.6 Å². The molecule has 1 unspecified atom stereocenters. The summed E-state index contributed by atoms with van der Waals surface area (Å²) in [5, 5.41) is 4.68. The van der Waals surface area contributed by atoms with Crippen LogP contribution in [0.2, 0.25) is 5.02 Å². The molecule has 0 amide bonds. The van der Waals surface area contributed by atoms with Crippen LogP contribution in [0.1, 0.15) is 56.6 Å². The Bertz CT molecular complexity index is 1560. The minimum absolute atomic E-state index is 0.103. The van der Waals surface area contributed by atoms with Gasteiger partial charge in [-0.05, 0) is 86.9 Å². The number of anilines is 2. The normalized spacial score (nSPS) is 21.8. The number of sulfonamides is 1. The molecule has 1 aliphatic heterocycles. The molecule has 2 aromatic heterocycles. The van der Waals surface area contributed by atoms with Gasteiger partial charge in [0.25, 0.3) is 5.56 Å². The van der Waals surface area contributed by atoms with Crippen LogP contribution in [0.25, 0.3) is 11.0 Å². The predicted octanol–water partition coefficient (Wildman–Crippen LogP) is 5.52. The highest BCUT2D eigenvalue weighted by molar-refractivity contribution is 7.99. The molecule has 1 N–H and O–H groups in total. The summed E-state index contributed by atoms with van der Waals surface area (Å²) in [5.41, 5.74) is 2.07. The van der Waals surface area contributed by atoms with Crippen molar-refractivity contribution in [3.05, 3.63) is 51.4 Å². The number of nitrogens with one attached hydrogen (secondary N) is 1. The van der Waals surface area contributed by atoms with Gasteiger partial charge >= 0.3 is 0 Å². The second-order valence-electron chi connectivity index (χ2n) is 10.9. The van der Waals surface area contributed by atoms with Gasteiger partial charge in [-0.1, -0.05) is 18.0 Å². The molecule has 3 aromatic rings. The quantitative estimate of drug-likeness (QED) is 0.415. The Kier molecular flexibility index (Phi) is 6.73. The topological polar surface area (TPSA) is 97.2 Å². The van der Waals surface area contributed by atoms with Crippen LogP contribution in [-0.4, -0.2) is 51.9 Å². The van der Waals surface area contributed by atoms with Crippen LogP contribution in [0.3, 0.4) is 0 Å². The third kappa shape index (κ3) is 4.53. The summed E-state index contributed by atoms with van der Waals surface area (Å²) in [4.78, 5) is 22.7. The van der Waals surface area contributed by atoms with Crippen molar-refractivity contribution in [2.75, 3.05) is 24.7 Å². The van der Waals surface area contributed by atoms with Gasteiger partial charge in [-0.3, -0.25) is 9.36 Å². The lowest BCUT2D eigenvalue weighted by Crippen LogP contribution is -2.39. The molecule has 3 heterocycles. The molecule has 8 nitrogen and oxygen atoms in total. The molecule has 11 heteroatoms. The smallest absolute Gasteiger partial charge is 0.271 e. The molecule has 1 aromatic carbocycles. The van der Waals surface area contributed by atoms with E-state index in [-0.39, 0.29) is 22.0 Å². The van der Waals surface area contributed by atoms with E-state index in [1.54, 1.807) is 51.1 Å². The van der Waals surface area contributed by atoms with Crippen LogP contribution < -0.4 is 10.9 Å². The molecule has 1 atom stereocenters. The predicted molar refractivity (Wildman–Crippen MR) is 153 cm³/mol. The van der Waals surface area contributed by atoms with Crippen molar-refractivity contribution in [3.63, 3.8) is 0 Å². The van der Waals surface area contributed by atoms with E-state index < -0.39 is 10.0 Å². The summed E-state index contributed by atoms with van der Waals surface area (Å²) in [5.74, 6) is 0.355. The van der Waals surface area contributed by atoms with E-state index >= 15 is 0 Å². The first-order chi connectivity index (χ1) is 18.2. The van der Waals surface area contributed by atoms with Crippen molar-refractivity contribution in [3.8, 4) is 0 Å². The van der Waals surface area contributed by atoms with Crippen molar-refractivity contribution in [2.24, 2.45) is 5.41 Å². The van der Waals surface area contributed by atoms with Crippen LogP contribution in [0.5, 0.6) is 0 Å². The van der Waals surface area contributed by atoms with Crippen molar-refractivity contribution < 1.29 is 8.42 Å². The maximum atomic E-state index is 13.3. The number of pyridine rings is 1. The Morgan fingerprint density at radius 2 is 1.89 bits per heavy atom. The molecule has 6 rings (SSSR count). The lowest BCUT2D eigenvalue weighted by atomic mass is 10.00. The minimum atomic E-state index is -3.55. The average Bonchev–Trinajstić information content (AvgIpc) is 3.58. The zero-order valence-corrected chi connectivity index (χ0v) is 24.0. The second kappa shape index (κ2) is 9.80. The van der Waals surface area contributed by atoms with Gasteiger partial charge in [0.2, 0.25) is 16.0 Å². The molecule has 0 radical (unpaired) electrons. The monoisotopic (exact) mass is 573 g/mol. The largest absolute Gasteiger partial charge is 0.324 e. The third-order valence-corrected chi connectivity index (χ3v) is 11.9. The number of fused-ring (bicyclic) bond motifs is 1. The van der Waals surface area contributed by atoms with E-state index in [0.29, 0.717) is 40.5 Å². The number of aromatic nitrogens is 3. The van der Waals surface area contributed by atoms with Gasteiger partial charge in [0, 0.05) is 41.7 Å². The summed E-state index contributed by atoms with van der Waals surface area (Å²) in [6.07, 6.45) is 11.0. The summed E-state index contributed by atoms with van der Waals surface area (Å²) in [7, 11) is -3.55. The van der Waals surface area contributed by atoms with E-state index in [0.717, 1.165) is 55.9 Å². The maximum absolute atomic E-state index is 13.3. The highest BCUT2D eigenvalue weighted by atomic mass is 35.5. The first kappa shape index (κ1) is 26.1. The van der Waals surface area contributed by atoms with E-state index in [1.165, 1.54) is 0 Å². The van der Waals surface area contributed by atoms with Crippen molar-refractivity contribution in [2.45, 2.75) is 68.1 Å². The molecule has 202 valence electrons. The summed E-state index contributed by atoms with van der Waals surface area (Å²) < 4.78 is 29.9. The number of benzene rings is 1. The number of aryl methyl sites for hydroxylation is 1. The van der Waals surface area contributed by atoms with Gasteiger partial charge in [0.1, 0.15) is 10.7 Å². The fraction of sp³-hybridized carbons (Fsp3) is 0.519. The SMILES string of the molecule is CSC1CCN(S(=O)(=O)c2ccc(Nc3ncc4cc(Cl)c(=O)n(C5CCCC56CC6)c4n3)c(C)c2)CC1. The minimum Gasteiger partial charge on any atom is -0.324 e. The van der Waals surface area contributed by atoms with Crippen LogP contribution >= 0.6 is 23.4 Å². The molecular formula is C27H32ClN5O3S2. The van der Waals surface area contributed by atoms with Crippen molar-refractivity contribution in [1.82, 2.24) is 18.8 Å². The van der Waals surface area contributed by atoms with E-state index in [2.05, 4.69) is 16.6 Å². The fourth-order valence-corrected chi connectivity index (χ4v) is 8.66. The Morgan fingerprint density at radius 3 is 2.58 bits per heavy atom. The number of piperidine rings is 1. The Hall–Kier alpha value is -2.14. The fourth-order valence-electron chi connectivity index (χ4n) is 6.22. The number of hydrogen-bond acceptors (Lipinski definition) is 7. The van der Waals surface area contributed by atoms with Crippen molar-refractivity contribution in [1.29, 1.82) is 0 Å². The maximum Gasteiger partial charge on any atom is 0.271 e. The van der Waals surface area contributed by atoms with Gasteiger partial charge in [-0.15, -0.1) is 0 Å². The number of nitrogens with zero attached hydrogens (tertiary/aromatic N) is 4. The lowest BCUT2D eigenvalue weighted by molar-refractivity contribution is 0.352. The van der Waals surface area contributed by atoms with Gasteiger partial charge < -0.3 is 5.32 Å². The first-order valence-corrected chi connectivity index (χ1v) is 16.3. The number of thioether (sulfide) groups is 1. The number of hydrogen-bond donors (Lipinski definition) is 1. The van der Waals surface area contributed by atoms with Gasteiger partial charge in [-0.25, -0.2) is 13.4 Å². The molecule has 1 saturated heterocycles. The zero-order chi connectivity index (χ0) is 26.7. The van der Waals surface area contributed by atoms with Gasteiger partial charge in [0.15, 0.2) is 0 Å². The number of halogens is 1. The highest BCUT2D eigenvalue weighted by Gasteiger charge is 2.53.